The number of hydrogen-bond acceptors (Lipinski definition) is 7. The molecule has 240 valence electrons. The van der Waals surface area contributed by atoms with E-state index in [1.165, 1.54) is 36.3 Å². The predicted molar refractivity (Wildman–Crippen MR) is 157 cm³/mol. The normalized spacial score (nSPS) is 19.3. The molecule has 0 unspecified atom stereocenters. The molecule has 9 nitrogen and oxygen atoms in total. The molecule has 3 aromatic rings. The SMILES string of the molecule is COc1cc(F)c([C@@H]2CN(c3cc(C)cc(C4CCN(CCO)CC4)n3)C(=O)[C@H]2NC(=O)c2ccc(OC(F)F)cc2)c(F)c1. The van der Waals surface area contributed by atoms with Gasteiger partial charge in [0.1, 0.15) is 35.0 Å². The van der Waals surface area contributed by atoms with Gasteiger partial charge in [-0.1, -0.05) is 0 Å². The van der Waals surface area contributed by atoms with E-state index in [0.29, 0.717) is 12.4 Å². The number of aliphatic hydroxyl groups is 1. The second-order valence-electron chi connectivity index (χ2n) is 11.2. The topological polar surface area (TPSA) is 104 Å². The zero-order valence-corrected chi connectivity index (χ0v) is 24.8. The van der Waals surface area contributed by atoms with Crippen LogP contribution in [0.4, 0.5) is 23.4 Å². The summed E-state index contributed by atoms with van der Waals surface area (Å²) < 4.78 is 65.2. The minimum Gasteiger partial charge on any atom is -0.497 e. The van der Waals surface area contributed by atoms with Crippen molar-refractivity contribution in [3.8, 4) is 11.5 Å². The van der Waals surface area contributed by atoms with Gasteiger partial charge in [0.2, 0.25) is 0 Å². The highest BCUT2D eigenvalue weighted by molar-refractivity contribution is 6.04. The summed E-state index contributed by atoms with van der Waals surface area (Å²) in [7, 11) is 1.27. The minimum absolute atomic E-state index is 0.0285. The number of carbonyl (C=O) groups excluding carboxylic acids is 2. The van der Waals surface area contributed by atoms with Crippen LogP contribution < -0.4 is 19.7 Å². The maximum absolute atomic E-state index is 15.4. The summed E-state index contributed by atoms with van der Waals surface area (Å²) in [6.07, 6.45) is 1.63. The van der Waals surface area contributed by atoms with Crippen LogP contribution in [0.5, 0.6) is 11.5 Å². The Bertz CT molecular complexity index is 1510. The first-order valence-corrected chi connectivity index (χ1v) is 14.6. The standard InChI is InChI=1S/C32H34F4N4O5/c1-18-13-26(19-7-9-39(10-8-19)11-12-41)37-27(14-18)40-17-23(28-24(33)15-22(44-2)16-25(28)34)29(31(40)43)38-30(42)20-3-5-21(6-4-20)45-32(35)36/h3-6,13-16,19,23,29,32,41H,7-12,17H2,1-2H3,(H,38,42)/t23-,29-/m0/s1. The Morgan fingerprint density at radius 2 is 1.73 bits per heavy atom. The van der Waals surface area contributed by atoms with Crippen molar-refractivity contribution in [2.24, 2.45) is 0 Å². The number of rotatable bonds is 10. The average molecular weight is 631 g/mol. The molecule has 2 aromatic carbocycles. The number of ether oxygens (including phenoxy) is 2. The van der Waals surface area contributed by atoms with E-state index in [-0.39, 0.29) is 41.7 Å². The van der Waals surface area contributed by atoms with Gasteiger partial charge >= 0.3 is 6.61 Å². The van der Waals surface area contributed by atoms with Gasteiger partial charge in [0, 0.05) is 53.9 Å². The highest BCUT2D eigenvalue weighted by Gasteiger charge is 2.46. The number of carbonyl (C=O) groups is 2. The summed E-state index contributed by atoms with van der Waals surface area (Å²) in [6.45, 7) is 0.924. The number of halogens is 4. The number of nitrogens with zero attached hydrogens (tertiary/aromatic N) is 3. The zero-order chi connectivity index (χ0) is 32.2. The fourth-order valence-electron chi connectivity index (χ4n) is 6.02. The number of likely N-dealkylation sites (tertiary alicyclic amines) is 1. The third-order valence-corrected chi connectivity index (χ3v) is 8.28. The monoisotopic (exact) mass is 630 g/mol. The van der Waals surface area contributed by atoms with Crippen molar-refractivity contribution >= 4 is 17.6 Å². The number of methoxy groups -OCH3 is 1. The number of alkyl halides is 2. The van der Waals surface area contributed by atoms with Gasteiger partial charge in [-0.2, -0.15) is 8.78 Å². The second-order valence-corrected chi connectivity index (χ2v) is 11.2. The molecule has 3 heterocycles. The summed E-state index contributed by atoms with van der Waals surface area (Å²) in [6, 6.07) is 9.16. The zero-order valence-electron chi connectivity index (χ0n) is 24.8. The molecule has 0 bridgehead atoms. The molecule has 0 saturated carbocycles. The first kappa shape index (κ1) is 32.2. The van der Waals surface area contributed by atoms with E-state index in [1.807, 2.05) is 13.0 Å². The maximum atomic E-state index is 15.4. The van der Waals surface area contributed by atoms with Crippen molar-refractivity contribution in [2.45, 2.75) is 44.3 Å². The van der Waals surface area contributed by atoms with E-state index >= 15 is 8.78 Å². The lowest BCUT2D eigenvalue weighted by Crippen LogP contribution is -2.44. The summed E-state index contributed by atoms with van der Waals surface area (Å²) in [5, 5.41) is 11.9. The van der Waals surface area contributed by atoms with E-state index < -0.39 is 42.0 Å². The quantitative estimate of drug-likeness (QED) is 0.321. The summed E-state index contributed by atoms with van der Waals surface area (Å²) in [5.41, 5.74) is 1.28. The third-order valence-electron chi connectivity index (χ3n) is 8.28. The number of pyridine rings is 1. The van der Waals surface area contributed by atoms with Gasteiger partial charge < -0.3 is 24.8 Å². The van der Waals surface area contributed by atoms with Gasteiger partial charge in [0.25, 0.3) is 11.8 Å². The molecule has 2 saturated heterocycles. The molecule has 0 radical (unpaired) electrons. The van der Waals surface area contributed by atoms with E-state index in [0.717, 1.165) is 49.3 Å². The van der Waals surface area contributed by atoms with Crippen LogP contribution in [0.15, 0.2) is 48.5 Å². The number of β-amino-alcohol motifs (C(OH)–C–C–N with tert-alkyl or cyclic N) is 1. The van der Waals surface area contributed by atoms with Crippen molar-refractivity contribution in [1.29, 1.82) is 0 Å². The lowest BCUT2D eigenvalue weighted by molar-refractivity contribution is -0.118. The molecular weight excluding hydrogens is 596 g/mol. The maximum Gasteiger partial charge on any atom is 0.387 e. The number of nitrogens with one attached hydrogen (secondary N) is 1. The van der Waals surface area contributed by atoms with Crippen molar-refractivity contribution in [2.75, 3.05) is 44.8 Å². The van der Waals surface area contributed by atoms with Gasteiger partial charge in [-0.15, -0.1) is 0 Å². The first-order chi connectivity index (χ1) is 21.6. The van der Waals surface area contributed by atoms with E-state index in [9.17, 15) is 23.5 Å². The third kappa shape index (κ3) is 7.20. The molecule has 0 spiro atoms. The fraction of sp³-hybridized carbons (Fsp3) is 0.406. The lowest BCUT2D eigenvalue weighted by Gasteiger charge is -2.31. The Kier molecular flexibility index (Phi) is 9.88. The number of anilines is 1. The second kappa shape index (κ2) is 13.8. The van der Waals surface area contributed by atoms with Gasteiger partial charge in [-0.05, 0) is 74.8 Å². The minimum atomic E-state index is -3.04. The highest BCUT2D eigenvalue weighted by atomic mass is 19.3. The Hall–Kier alpha value is -4.23. The molecule has 2 fully saturated rings. The molecule has 2 N–H and O–H groups in total. The Balaban J connectivity index is 1.45. The molecule has 1 aromatic heterocycles. The van der Waals surface area contributed by atoms with Crippen LogP contribution >= 0.6 is 0 Å². The number of hydrogen-bond donors (Lipinski definition) is 2. The fourth-order valence-corrected chi connectivity index (χ4v) is 6.02. The van der Waals surface area contributed by atoms with Gasteiger partial charge in [-0.25, -0.2) is 13.8 Å². The van der Waals surface area contributed by atoms with E-state index in [4.69, 9.17) is 9.72 Å². The molecular formula is C32H34F4N4O5. The van der Waals surface area contributed by atoms with E-state index in [1.54, 1.807) is 6.07 Å². The number of piperidine rings is 1. The van der Waals surface area contributed by atoms with Crippen LogP contribution in [0.2, 0.25) is 0 Å². The highest BCUT2D eigenvalue weighted by Crippen LogP contribution is 2.37. The number of benzene rings is 2. The molecule has 45 heavy (non-hydrogen) atoms. The molecule has 2 amide bonds. The van der Waals surface area contributed by atoms with Crippen molar-refractivity contribution in [1.82, 2.24) is 15.2 Å². The van der Waals surface area contributed by atoms with Gasteiger partial charge in [-0.3, -0.25) is 14.5 Å². The van der Waals surface area contributed by atoms with Crippen LogP contribution in [0.25, 0.3) is 0 Å². The van der Waals surface area contributed by atoms with Crippen LogP contribution in [0.3, 0.4) is 0 Å². The first-order valence-electron chi connectivity index (χ1n) is 14.6. The predicted octanol–water partition coefficient (Wildman–Crippen LogP) is 4.38. The number of aliphatic hydroxyl groups excluding tert-OH is 1. The van der Waals surface area contributed by atoms with Crippen LogP contribution in [-0.2, 0) is 4.79 Å². The van der Waals surface area contributed by atoms with Crippen LogP contribution in [-0.4, -0.2) is 79.4 Å². The van der Waals surface area contributed by atoms with Crippen LogP contribution in [0.1, 0.15) is 51.9 Å². The Labute approximate surface area is 257 Å². The molecule has 13 heteroatoms. The summed E-state index contributed by atoms with van der Waals surface area (Å²) in [4.78, 5) is 35.5. The molecule has 5 rings (SSSR count). The number of aromatic nitrogens is 1. The molecule has 0 aliphatic carbocycles. The molecule has 2 atom stereocenters. The largest absolute Gasteiger partial charge is 0.497 e. The summed E-state index contributed by atoms with van der Waals surface area (Å²) in [5.74, 6) is -4.15. The molecule has 2 aliphatic rings. The van der Waals surface area contributed by atoms with Gasteiger partial charge in [0.05, 0.1) is 13.7 Å². The summed E-state index contributed by atoms with van der Waals surface area (Å²) >= 11 is 0. The van der Waals surface area contributed by atoms with Crippen molar-refractivity contribution in [3.05, 3.63) is 82.5 Å². The average Bonchev–Trinajstić information content (AvgIpc) is 3.32. The van der Waals surface area contributed by atoms with Crippen molar-refractivity contribution < 1.29 is 41.7 Å². The van der Waals surface area contributed by atoms with Crippen LogP contribution in [0, 0.1) is 18.6 Å². The van der Waals surface area contributed by atoms with Gasteiger partial charge in [0.15, 0.2) is 0 Å². The van der Waals surface area contributed by atoms with E-state index in [2.05, 4.69) is 15.0 Å². The Morgan fingerprint density at radius 3 is 2.33 bits per heavy atom. The smallest absolute Gasteiger partial charge is 0.387 e. The Morgan fingerprint density at radius 1 is 1.07 bits per heavy atom. The molecule has 2 aliphatic heterocycles. The van der Waals surface area contributed by atoms with Crippen molar-refractivity contribution in [3.63, 3.8) is 0 Å². The number of aryl methyl sites for hydroxylation is 1. The lowest BCUT2D eigenvalue weighted by atomic mass is 9.92. The number of amides is 2.